The van der Waals surface area contributed by atoms with Crippen molar-refractivity contribution in [3.8, 4) is 5.69 Å². The van der Waals surface area contributed by atoms with Gasteiger partial charge in [-0.3, -0.25) is 0 Å². The summed E-state index contributed by atoms with van der Waals surface area (Å²) >= 11 is 9.56. The third kappa shape index (κ3) is 4.18. The molecule has 5 nitrogen and oxygen atoms in total. The first-order valence-electron chi connectivity index (χ1n) is 9.15. The zero-order chi connectivity index (χ0) is 20.4. The summed E-state index contributed by atoms with van der Waals surface area (Å²) in [5.74, 6) is 0.708. The van der Waals surface area contributed by atoms with Gasteiger partial charge in [0, 0.05) is 15.2 Å². The Morgan fingerprint density at radius 2 is 1.59 bits per heavy atom. The maximum Gasteiger partial charge on any atom is 0.183 e. The lowest BCUT2D eigenvalue weighted by atomic mass is 10.0. The highest BCUT2D eigenvalue weighted by atomic mass is 79.9. The minimum atomic E-state index is -0.252. The van der Waals surface area contributed by atoms with Crippen LogP contribution < -0.4 is 5.32 Å². The smallest absolute Gasteiger partial charge is 0.183 e. The molecule has 0 amide bonds. The number of nitrogens with zero attached hydrogens (tertiary/aromatic N) is 4. The zero-order valence-electron chi connectivity index (χ0n) is 16.0. The molecule has 3 aromatic carbocycles. The first kappa shape index (κ1) is 19.6. The number of hydrogen-bond acceptors (Lipinski definition) is 4. The van der Waals surface area contributed by atoms with Crippen molar-refractivity contribution in [2.75, 3.05) is 5.32 Å². The Bertz CT molecular complexity index is 1100. The lowest BCUT2D eigenvalue weighted by molar-refractivity contribution is 0.731. The van der Waals surface area contributed by atoms with Crippen LogP contribution in [0.2, 0.25) is 5.02 Å². The lowest BCUT2D eigenvalue weighted by Gasteiger charge is -2.21. The second kappa shape index (κ2) is 8.35. The first-order valence-corrected chi connectivity index (χ1v) is 10.3. The van der Waals surface area contributed by atoms with E-state index in [0.29, 0.717) is 10.8 Å². The summed E-state index contributed by atoms with van der Waals surface area (Å²) < 4.78 is 2.83. The van der Waals surface area contributed by atoms with Gasteiger partial charge in [-0.05, 0) is 77.4 Å². The van der Waals surface area contributed by atoms with Crippen molar-refractivity contribution in [3.05, 3.63) is 98.7 Å². The van der Waals surface area contributed by atoms with Gasteiger partial charge in [0.2, 0.25) is 0 Å². The fourth-order valence-corrected chi connectivity index (χ4v) is 3.73. The standard InChI is InChI=1S/C22H19BrClN5/c1-14-4-3-5-15(2)21(14)29-22(26-27-28-29)20(16-6-8-17(23)9-7-16)25-19-12-10-18(24)11-13-19/h3-13,20,25H,1-2H3. The Labute approximate surface area is 182 Å². The van der Waals surface area contributed by atoms with Crippen LogP contribution >= 0.6 is 27.5 Å². The highest BCUT2D eigenvalue weighted by Gasteiger charge is 2.23. The van der Waals surface area contributed by atoms with Gasteiger partial charge in [0.15, 0.2) is 5.82 Å². The van der Waals surface area contributed by atoms with Crippen molar-refractivity contribution < 1.29 is 0 Å². The summed E-state index contributed by atoms with van der Waals surface area (Å²) in [5, 5.41) is 16.9. The van der Waals surface area contributed by atoms with E-state index < -0.39 is 0 Å². The predicted molar refractivity (Wildman–Crippen MR) is 120 cm³/mol. The molecule has 1 unspecified atom stereocenters. The van der Waals surface area contributed by atoms with Crippen LogP contribution in [0.5, 0.6) is 0 Å². The van der Waals surface area contributed by atoms with E-state index in [1.807, 2.05) is 47.1 Å². The molecule has 0 saturated heterocycles. The van der Waals surface area contributed by atoms with Crippen LogP contribution in [0.25, 0.3) is 5.69 Å². The number of halogens is 2. The molecule has 29 heavy (non-hydrogen) atoms. The molecule has 7 heteroatoms. The molecule has 0 bridgehead atoms. The summed E-state index contributed by atoms with van der Waals surface area (Å²) in [6.07, 6.45) is 0. The molecule has 0 aliphatic rings. The van der Waals surface area contributed by atoms with Gasteiger partial charge in [-0.15, -0.1) is 5.10 Å². The molecule has 1 aromatic heterocycles. The van der Waals surface area contributed by atoms with Crippen molar-refractivity contribution in [3.63, 3.8) is 0 Å². The van der Waals surface area contributed by atoms with Crippen molar-refractivity contribution in [1.29, 1.82) is 0 Å². The summed E-state index contributed by atoms with van der Waals surface area (Å²) in [7, 11) is 0. The van der Waals surface area contributed by atoms with Crippen LogP contribution in [0, 0.1) is 13.8 Å². The number of tetrazole rings is 1. The van der Waals surface area contributed by atoms with Gasteiger partial charge in [-0.1, -0.05) is 57.9 Å². The SMILES string of the molecule is Cc1cccc(C)c1-n1nnnc1C(Nc1ccc(Cl)cc1)c1ccc(Br)cc1. The number of hydrogen-bond donors (Lipinski definition) is 1. The Morgan fingerprint density at radius 3 is 2.24 bits per heavy atom. The van der Waals surface area contributed by atoms with E-state index in [-0.39, 0.29) is 6.04 Å². The fraction of sp³-hybridized carbons (Fsp3) is 0.136. The summed E-state index contributed by atoms with van der Waals surface area (Å²) in [4.78, 5) is 0. The zero-order valence-corrected chi connectivity index (χ0v) is 18.3. The normalized spacial score (nSPS) is 12.0. The molecule has 0 fully saturated rings. The molecule has 4 rings (SSSR count). The van der Waals surface area contributed by atoms with E-state index in [0.717, 1.165) is 32.5 Å². The highest BCUT2D eigenvalue weighted by Crippen LogP contribution is 2.29. The first-order chi connectivity index (χ1) is 14.0. The van der Waals surface area contributed by atoms with E-state index in [1.165, 1.54) is 0 Å². The molecular formula is C22H19BrClN5. The minimum Gasteiger partial charge on any atom is -0.371 e. The van der Waals surface area contributed by atoms with Crippen LogP contribution in [-0.2, 0) is 0 Å². The number of nitrogens with one attached hydrogen (secondary N) is 1. The summed E-state index contributed by atoms with van der Waals surface area (Å²) in [6, 6.07) is 21.7. The van der Waals surface area contributed by atoms with Crippen LogP contribution in [-0.4, -0.2) is 20.2 Å². The van der Waals surface area contributed by atoms with Crippen molar-refractivity contribution >= 4 is 33.2 Å². The highest BCUT2D eigenvalue weighted by molar-refractivity contribution is 9.10. The van der Waals surface area contributed by atoms with E-state index in [4.69, 9.17) is 11.6 Å². The molecule has 1 atom stereocenters. The van der Waals surface area contributed by atoms with Crippen molar-refractivity contribution in [2.24, 2.45) is 0 Å². The molecule has 146 valence electrons. The van der Waals surface area contributed by atoms with Crippen molar-refractivity contribution in [2.45, 2.75) is 19.9 Å². The van der Waals surface area contributed by atoms with Crippen molar-refractivity contribution in [1.82, 2.24) is 20.2 Å². The lowest BCUT2D eigenvalue weighted by Crippen LogP contribution is -2.19. The largest absolute Gasteiger partial charge is 0.371 e. The molecule has 0 aliphatic carbocycles. The maximum absolute atomic E-state index is 6.05. The van der Waals surface area contributed by atoms with Crippen LogP contribution in [0.1, 0.15) is 28.6 Å². The number of aryl methyl sites for hydroxylation is 2. The average molecular weight is 469 g/mol. The van der Waals surface area contributed by atoms with E-state index in [1.54, 1.807) is 0 Å². The Hall–Kier alpha value is -2.70. The van der Waals surface area contributed by atoms with E-state index in [2.05, 4.69) is 74.9 Å². The topological polar surface area (TPSA) is 55.6 Å². The second-order valence-corrected chi connectivity index (χ2v) is 8.18. The Kier molecular flexibility index (Phi) is 5.65. The number of para-hydroxylation sites is 1. The minimum absolute atomic E-state index is 0.252. The Balaban J connectivity index is 1.83. The molecule has 0 saturated carbocycles. The van der Waals surface area contributed by atoms with Gasteiger partial charge in [0.05, 0.1) is 5.69 Å². The van der Waals surface area contributed by atoms with Crippen LogP contribution in [0.4, 0.5) is 5.69 Å². The third-order valence-electron chi connectivity index (χ3n) is 4.76. The van der Waals surface area contributed by atoms with Crippen LogP contribution in [0.3, 0.4) is 0 Å². The van der Waals surface area contributed by atoms with Gasteiger partial charge in [-0.25, -0.2) is 0 Å². The molecule has 0 aliphatic heterocycles. The van der Waals surface area contributed by atoms with Gasteiger partial charge in [-0.2, -0.15) is 4.68 Å². The predicted octanol–water partition coefficient (Wildman–Crippen LogP) is 5.90. The van der Waals surface area contributed by atoms with Crippen LogP contribution in [0.15, 0.2) is 71.2 Å². The molecular weight excluding hydrogens is 450 g/mol. The summed E-state index contributed by atoms with van der Waals surface area (Å²) in [5.41, 5.74) is 5.19. The monoisotopic (exact) mass is 467 g/mol. The number of aromatic nitrogens is 4. The van der Waals surface area contributed by atoms with E-state index in [9.17, 15) is 0 Å². The quantitative estimate of drug-likeness (QED) is 0.396. The molecule has 1 heterocycles. The molecule has 1 N–H and O–H groups in total. The third-order valence-corrected chi connectivity index (χ3v) is 5.54. The number of rotatable bonds is 5. The average Bonchev–Trinajstić information content (AvgIpc) is 3.17. The van der Waals surface area contributed by atoms with Gasteiger partial charge >= 0.3 is 0 Å². The Morgan fingerprint density at radius 1 is 0.931 bits per heavy atom. The van der Waals surface area contributed by atoms with Gasteiger partial charge in [0.25, 0.3) is 0 Å². The number of anilines is 1. The number of benzene rings is 3. The molecule has 0 spiro atoms. The fourth-order valence-electron chi connectivity index (χ4n) is 3.34. The second-order valence-electron chi connectivity index (χ2n) is 6.83. The van der Waals surface area contributed by atoms with Gasteiger partial charge in [0.1, 0.15) is 6.04 Å². The maximum atomic E-state index is 6.05. The molecule has 0 radical (unpaired) electrons. The molecule has 4 aromatic rings. The van der Waals surface area contributed by atoms with Gasteiger partial charge < -0.3 is 5.32 Å². The summed E-state index contributed by atoms with van der Waals surface area (Å²) in [6.45, 7) is 4.13. The van der Waals surface area contributed by atoms with E-state index >= 15 is 0 Å².